The van der Waals surface area contributed by atoms with Gasteiger partial charge in [0.05, 0.1) is 18.8 Å². The summed E-state index contributed by atoms with van der Waals surface area (Å²) in [5.74, 6) is 0.235. The number of benzene rings is 1. The van der Waals surface area contributed by atoms with E-state index in [4.69, 9.17) is 21.1 Å². The maximum Gasteiger partial charge on any atom is 0.259 e. The first-order valence-corrected chi connectivity index (χ1v) is 9.24. The fourth-order valence-corrected chi connectivity index (χ4v) is 3.19. The lowest BCUT2D eigenvalue weighted by Gasteiger charge is -2.24. The summed E-state index contributed by atoms with van der Waals surface area (Å²) in [6.07, 6.45) is 3.21. The minimum Gasteiger partial charge on any atom is -0.473 e. The zero-order valence-corrected chi connectivity index (χ0v) is 15.8. The quantitative estimate of drug-likeness (QED) is 0.784. The van der Waals surface area contributed by atoms with Crippen molar-refractivity contribution in [2.45, 2.75) is 32.8 Å². The van der Waals surface area contributed by atoms with E-state index in [1.807, 2.05) is 38.1 Å². The van der Waals surface area contributed by atoms with Gasteiger partial charge in [-0.05, 0) is 37.6 Å². The summed E-state index contributed by atoms with van der Waals surface area (Å²) < 4.78 is 11.2. The summed E-state index contributed by atoms with van der Waals surface area (Å²) in [7, 11) is 0. The third-order valence-corrected chi connectivity index (χ3v) is 4.65. The number of aromatic nitrogens is 1. The van der Waals surface area contributed by atoms with E-state index >= 15 is 0 Å². The summed E-state index contributed by atoms with van der Waals surface area (Å²) >= 11 is 6.32. The molecule has 2 heterocycles. The van der Waals surface area contributed by atoms with E-state index in [9.17, 15) is 4.79 Å². The number of carbonyl (C=O) groups excluding carboxylic acids is 1. The van der Waals surface area contributed by atoms with Gasteiger partial charge in [0.2, 0.25) is 5.88 Å². The van der Waals surface area contributed by atoms with Crippen molar-refractivity contribution in [3.05, 3.63) is 52.7 Å². The number of nitrogens with zero attached hydrogens (tertiary/aromatic N) is 2. The zero-order chi connectivity index (χ0) is 18.5. The van der Waals surface area contributed by atoms with Crippen molar-refractivity contribution in [1.29, 1.82) is 0 Å². The number of hydrogen-bond donors (Lipinski definition) is 0. The minimum atomic E-state index is -0.134. The first-order valence-electron chi connectivity index (χ1n) is 8.87. The van der Waals surface area contributed by atoms with Crippen LogP contribution in [0.5, 0.6) is 5.88 Å². The maximum atomic E-state index is 12.9. The van der Waals surface area contributed by atoms with E-state index in [2.05, 4.69) is 4.98 Å². The van der Waals surface area contributed by atoms with Crippen LogP contribution in [0.1, 0.15) is 35.7 Å². The van der Waals surface area contributed by atoms with Crippen LogP contribution in [-0.2, 0) is 4.74 Å². The van der Waals surface area contributed by atoms with Gasteiger partial charge in [-0.15, -0.1) is 0 Å². The molecule has 1 aliphatic rings. The highest BCUT2D eigenvalue weighted by atomic mass is 35.5. The summed E-state index contributed by atoms with van der Waals surface area (Å²) in [6, 6.07) is 9.48. The Kier molecular flexibility index (Phi) is 6.12. The molecule has 1 aliphatic heterocycles. The second-order valence-electron chi connectivity index (χ2n) is 6.33. The Bertz CT molecular complexity index is 775. The molecule has 0 bridgehead atoms. The molecule has 5 nitrogen and oxygen atoms in total. The fourth-order valence-electron chi connectivity index (χ4n) is 2.98. The van der Waals surface area contributed by atoms with Gasteiger partial charge in [0.25, 0.3) is 5.91 Å². The third kappa shape index (κ3) is 4.34. The van der Waals surface area contributed by atoms with E-state index in [0.29, 0.717) is 36.2 Å². The fraction of sp³-hybridized carbons (Fsp3) is 0.400. The molecule has 1 aromatic heterocycles. The summed E-state index contributed by atoms with van der Waals surface area (Å²) in [4.78, 5) is 18.9. The van der Waals surface area contributed by atoms with Crippen molar-refractivity contribution >= 4 is 23.2 Å². The highest BCUT2D eigenvalue weighted by molar-refractivity contribution is 6.32. The Hall–Kier alpha value is -2.11. The average molecular weight is 375 g/mol. The largest absolute Gasteiger partial charge is 0.473 e. The molecule has 1 aromatic carbocycles. The molecular formula is C20H23ClN2O3. The minimum absolute atomic E-state index is 0.0507. The van der Waals surface area contributed by atoms with Gasteiger partial charge < -0.3 is 14.4 Å². The van der Waals surface area contributed by atoms with Crippen LogP contribution in [0.3, 0.4) is 0 Å². The summed E-state index contributed by atoms with van der Waals surface area (Å²) in [5.41, 5.74) is 2.40. The predicted molar refractivity (Wildman–Crippen MR) is 102 cm³/mol. The number of amides is 1. The molecule has 2 aromatic rings. The van der Waals surface area contributed by atoms with E-state index in [0.717, 1.165) is 24.1 Å². The number of pyridine rings is 1. The number of carbonyl (C=O) groups is 1. The average Bonchev–Trinajstić information content (AvgIpc) is 2.65. The molecule has 26 heavy (non-hydrogen) atoms. The van der Waals surface area contributed by atoms with Gasteiger partial charge in [0, 0.05) is 31.3 Å². The molecule has 0 saturated carbocycles. The highest BCUT2D eigenvalue weighted by Gasteiger charge is 2.21. The summed E-state index contributed by atoms with van der Waals surface area (Å²) in [5, 5.41) is 0.350. The van der Waals surface area contributed by atoms with Crippen LogP contribution in [0.2, 0.25) is 5.02 Å². The Labute approximate surface area is 158 Å². The highest BCUT2D eigenvalue weighted by Crippen LogP contribution is 2.27. The van der Waals surface area contributed by atoms with E-state index < -0.39 is 0 Å². The van der Waals surface area contributed by atoms with Crippen molar-refractivity contribution in [3.8, 4) is 5.88 Å². The van der Waals surface area contributed by atoms with Gasteiger partial charge in [-0.3, -0.25) is 4.79 Å². The Morgan fingerprint density at radius 2 is 2.12 bits per heavy atom. The van der Waals surface area contributed by atoms with Gasteiger partial charge in [0.1, 0.15) is 11.1 Å². The molecule has 0 atom stereocenters. The number of rotatable bonds is 5. The molecule has 1 saturated heterocycles. The number of anilines is 1. The molecule has 1 fully saturated rings. The van der Waals surface area contributed by atoms with Crippen LogP contribution in [0.4, 0.5) is 5.69 Å². The first kappa shape index (κ1) is 18.7. The topological polar surface area (TPSA) is 51.7 Å². The second kappa shape index (κ2) is 8.52. The van der Waals surface area contributed by atoms with Crippen molar-refractivity contribution in [2.75, 3.05) is 24.7 Å². The lowest BCUT2D eigenvalue weighted by molar-refractivity contribution is 0.0238. The van der Waals surface area contributed by atoms with Crippen molar-refractivity contribution in [3.63, 3.8) is 0 Å². The van der Waals surface area contributed by atoms with Crippen molar-refractivity contribution < 1.29 is 14.3 Å². The third-order valence-electron chi connectivity index (χ3n) is 4.38. The number of aryl methyl sites for hydroxylation is 1. The van der Waals surface area contributed by atoms with Crippen LogP contribution >= 0.6 is 11.6 Å². The van der Waals surface area contributed by atoms with Gasteiger partial charge in [0.15, 0.2) is 0 Å². The lowest BCUT2D eigenvalue weighted by atomic mass is 10.1. The number of hydrogen-bond acceptors (Lipinski definition) is 4. The van der Waals surface area contributed by atoms with Crippen LogP contribution in [-0.4, -0.2) is 36.8 Å². The van der Waals surface area contributed by atoms with Gasteiger partial charge >= 0.3 is 0 Å². The molecule has 3 rings (SSSR count). The molecule has 6 heteroatoms. The lowest BCUT2D eigenvalue weighted by Crippen LogP contribution is -2.31. The van der Waals surface area contributed by atoms with Crippen molar-refractivity contribution in [1.82, 2.24) is 4.98 Å². The molecule has 0 N–H and O–H groups in total. The van der Waals surface area contributed by atoms with E-state index in [1.54, 1.807) is 11.0 Å². The molecule has 1 amide bonds. The Morgan fingerprint density at radius 1 is 1.35 bits per heavy atom. The van der Waals surface area contributed by atoms with Crippen LogP contribution < -0.4 is 9.64 Å². The van der Waals surface area contributed by atoms with Gasteiger partial charge in [-0.25, -0.2) is 4.98 Å². The first-order chi connectivity index (χ1) is 12.6. The second-order valence-corrected chi connectivity index (χ2v) is 6.74. The molecule has 0 aliphatic carbocycles. The maximum absolute atomic E-state index is 12.9. The molecule has 138 valence electrons. The van der Waals surface area contributed by atoms with E-state index in [-0.39, 0.29) is 12.0 Å². The van der Waals surface area contributed by atoms with E-state index in [1.165, 1.54) is 6.20 Å². The Morgan fingerprint density at radius 3 is 2.77 bits per heavy atom. The van der Waals surface area contributed by atoms with Gasteiger partial charge in [-0.1, -0.05) is 23.7 Å². The summed E-state index contributed by atoms with van der Waals surface area (Å²) in [6.45, 7) is 5.86. The normalized spacial score (nSPS) is 14.9. The monoisotopic (exact) mass is 374 g/mol. The van der Waals surface area contributed by atoms with Gasteiger partial charge in [-0.2, -0.15) is 0 Å². The predicted octanol–water partition coefficient (Wildman–Crippen LogP) is 4.27. The molecule has 0 radical (unpaired) electrons. The van der Waals surface area contributed by atoms with Crippen molar-refractivity contribution in [2.24, 2.45) is 0 Å². The smallest absolute Gasteiger partial charge is 0.259 e. The number of ether oxygens (including phenoxy) is 2. The SMILES string of the molecule is CCN(C(=O)c1cnc(OC2CCOCC2)c(Cl)c1)c1cccc(C)c1. The standard InChI is InChI=1S/C20H23ClN2O3/c1-3-23(16-6-4-5-14(2)11-16)20(24)15-12-18(21)19(22-13-15)26-17-7-9-25-10-8-17/h4-6,11-13,17H,3,7-10H2,1-2H3. The zero-order valence-electron chi connectivity index (χ0n) is 15.1. The molecule has 0 unspecified atom stereocenters. The van der Waals surface area contributed by atoms with Crippen LogP contribution in [0, 0.1) is 6.92 Å². The molecular weight excluding hydrogens is 352 g/mol. The molecule has 0 spiro atoms. The van der Waals surface area contributed by atoms with Crippen LogP contribution in [0.25, 0.3) is 0 Å². The number of halogens is 1. The van der Waals surface area contributed by atoms with Crippen LogP contribution in [0.15, 0.2) is 36.5 Å². The Balaban J connectivity index is 1.77.